The summed E-state index contributed by atoms with van der Waals surface area (Å²) in [5.41, 5.74) is 1.50. The lowest BCUT2D eigenvalue weighted by molar-refractivity contribution is -0.118. The first-order valence-corrected chi connectivity index (χ1v) is 9.68. The Morgan fingerprint density at radius 1 is 1.17 bits per heavy atom. The molecule has 1 heterocycles. The largest absolute Gasteiger partial charge is 0.435 e. The van der Waals surface area contributed by atoms with Gasteiger partial charge in [0.05, 0.1) is 5.75 Å². The summed E-state index contributed by atoms with van der Waals surface area (Å²) in [7, 11) is 0. The molecule has 3 rings (SSSR count). The summed E-state index contributed by atoms with van der Waals surface area (Å²) in [5, 5.41) is 11.7. The van der Waals surface area contributed by atoms with Crippen molar-refractivity contribution in [1.82, 2.24) is 20.2 Å². The van der Waals surface area contributed by atoms with Crippen molar-refractivity contribution in [3.05, 3.63) is 59.1 Å². The van der Waals surface area contributed by atoms with E-state index in [1.54, 1.807) is 24.3 Å². The van der Waals surface area contributed by atoms with E-state index in [2.05, 4.69) is 20.3 Å². The molecule has 0 saturated heterocycles. The van der Waals surface area contributed by atoms with Gasteiger partial charge < -0.3 is 15.9 Å². The average molecular weight is 440 g/mol. The third kappa shape index (κ3) is 5.81. The second-order valence-corrected chi connectivity index (χ2v) is 7.15. The van der Waals surface area contributed by atoms with E-state index >= 15 is 0 Å². The zero-order valence-electron chi connectivity index (χ0n) is 14.9. The fraction of sp³-hybridized carbons (Fsp3) is 0.167. The molecule has 0 atom stereocenters. The van der Waals surface area contributed by atoms with Crippen LogP contribution < -0.4 is 15.9 Å². The average Bonchev–Trinajstić information content (AvgIpc) is 3.06. The first kappa shape index (κ1) is 20.9. The van der Waals surface area contributed by atoms with Gasteiger partial charge in [0.25, 0.3) is 0 Å². The van der Waals surface area contributed by atoms with Crippen LogP contribution in [-0.2, 0) is 11.3 Å². The van der Waals surface area contributed by atoms with Crippen LogP contribution in [0.4, 0.5) is 8.78 Å². The van der Waals surface area contributed by atoms with Crippen LogP contribution in [0.2, 0.25) is 5.02 Å². The molecular formula is C18H16ClF2N5O2S. The van der Waals surface area contributed by atoms with Crippen LogP contribution in [0.25, 0.3) is 11.4 Å². The minimum absolute atomic E-state index is 0.0267. The van der Waals surface area contributed by atoms with Crippen molar-refractivity contribution < 1.29 is 18.3 Å². The molecule has 0 aliphatic carbocycles. The first-order chi connectivity index (χ1) is 13.9. The quantitative estimate of drug-likeness (QED) is 0.413. The third-order valence-electron chi connectivity index (χ3n) is 3.74. The van der Waals surface area contributed by atoms with E-state index in [1.807, 2.05) is 12.1 Å². The molecule has 3 aromatic rings. The lowest BCUT2D eigenvalue weighted by Gasteiger charge is -2.07. The molecule has 3 N–H and O–H groups in total. The van der Waals surface area contributed by atoms with E-state index in [-0.39, 0.29) is 17.4 Å². The van der Waals surface area contributed by atoms with E-state index in [0.717, 1.165) is 17.3 Å². The second kappa shape index (κ2) is 9.57. The number of carbonyl (C=O) groups excluding carboxylic acids is 1. The number of hydrogen-bond acceptors (Lipinski definition) is 6. The summed E-state index contributed by atoms with van der Waals surface area (Å²) in [6.45, 7) is -2.52. The number of ether oxygens (including phenoxy) is 1. The molecule has 2 aromatic carbocycles. The number of nitrogens with one attached hydrogen (secondary N) is 1. The molecule has 0 bridgehead atoms. The van der Waals surface area contributed by atoms with Crippen LogP contribution in [0.15, 0.2) is 53.7 Å². The van der Waals surface area contributed by atoms with E-state index in [9.17, 15) is 13.6 Å². The van der Waals surface area contributed by atoms with E-state index in [0.29, 0.717) is 28.1 Å². The number of halogens is 3. The Morgan fingerprint density at radius 3 is 2.52 bits per heavy atom. The smallest absolute Gasteiger partial charge is 0.387 e. The minimum Gasteiger partial charge on any atom is -0.435 e. The molecule has 0 spiro atoms. The third-order valence-corrected chi connectivity index (χ3v) is 4.93. The normalized spacial score (nSPS) is 10.9. The van der Waals surface area contributed by atoms with Gasteiger partial charge in [-0.3, -0.25) is 4.79 Å². The van der Waals surface area contributed by atoms with Gasteiger partial charge in [0.15, 0.2) is 5.82 Å². The molecule has 1 aromatic heterocycles. The van der Waals surface area contributed by atoms with Gasteiger partial charge in [-0.2, -0.15) is 8.78 Å². The number of thioether (sulfide) groups is 1. The lowest BCUT2D eigenvalue weighted by atomic mass is 10.2. The molecule has 0 radical (unpaired) electrons. The monoisotopic (exact) mass is 439 g/mol. The summed E-state index contributed by atoms with van der Waals surface area (Å²) >= 11 is 6.95. The van der Waals surface area contributed by atoms with Crippen molar-refractivity contribution >= 4 is 29.3 Å². The number of aromatic nitrogens is 3. The maximum absolute atomic E-state index is 12.2. The fourth-order valence-electron chi connectivity index (χ4n) is 2.34. The zero-order chi connectivity index (χ0) is 20.8. The standard InChI is InChI=1S/C18H16ClF2N5O2S/c19-13-5-1-11(2-6-13)9-23-15(27)10-29-18-25-24-16(26(18)22)12-3-7-14(8-4-12)28-17(20)21/h1-8,17H,9-10,22H2,(H,23,27). The number of rotatable bonds is 8. The highest BCUT2D eigenvalue weighted by molar-refractivity contribution is 7.99. The summed E-state index contributed by atoms with van der Waals surface area (Å²) < 4.78 is 30.0. The van der Waals surface area contributed by atoms with Crippen LogP contribution in [0, 0.1) is 0 Å². The molecule has 0 unspecified atom stereocenters. The number of benzene rings is 2. The number of alkyl halides is 2. The van der Waals surface area contributed by atoms with Gasteiger partial charge in [-0.25, -0.2) is 4.68 Å². The first-order valence-electron chi connectivity index (χ1n) is 8.32. The number of hydrogen-bond donors (Lipinski definition) is 2. The van der Waals surface area contributed by atoms with Crippen molar-refractivity contribution in [1.29, 1.82) is 0 Å². The number of nitrogens with two attached hydrogens (primary N) is 1. The number of nitrogens with zero attached hydrogens (tertiary/aromatic N) is 3. The maximum atomic E-state index is 12.2. The molecule has 152 valence electrons. The maximum Gasteiger partial charge on any atom is 0.387 e. The molecular weight excluding hydrogens is 424 g/mol. The Bertz CT molecular complexity index is 967. The van der Waals surface area contributed by atoms with Crippen LogP contribution >= 0.6 is 23.4 Å². The van der Waals surface area contributed by atoms with Crippen LogP contribution in [-0.4, -0.2) is 33.1 Å². The molecule has 0 fully saturated rings. The number of carbonyl (C=O) groups is 1. The predicted octanol–water partition coefficient (Wildman–Crippen LogP) is 3.32. The highest BCUT2D eigenvalue weighted by Gasteiger charge is 2.14. The van der Waals surface area contributed by atoms with Gasteiger partial charge in [-0.05, 0) is 42.0 Å². The summed E-state index contributed by atoms with van der Waals surface area (Å²) in [5.74, 6) is 6.26. The van der Waals surface area contributed by atoms with Gasteiger partial charge >= 0.3 is 6.61 Å². The van der Waals surface area contributed by atoms with Crippen molar-refractivity contribution in [2.75, 3.05) is 11.6 Å². The summed E-state index contributed by atoms with van der Waals surface area (Å²) in [4.78, 5) is 12.0. The number of amides is 1. The Hall–Kier alpha value is -2.85. The molecule has 1 amide bonds. The number of nitrogen functional groups attached to an aromatic ring is 1. The van der Waals surface area contributed by atoms with E-state index in [4.69, 9.17) is 17.4 Å². The Kier molecular flexibility index (Phi) is 6.89. The van der Waals surface area contributed by atoms with E-state index < -0.39 is 6.61 Å². The van der Waals surface area contributed by atoms with Crippen molar-refractivity contribution in [2.24, 2.45) is 0 Å². The lowest BCUT2D eigenvalue weighted by Crippen LogP contribution is -2.25. The predicted molar refractivity (Wildman–Crippen MR) is 106 cm³/mol. The Labute approximate surface area is 174 Å². The fourth-order valence-corrected chi connectivity index (χ4v) is 3.15. The highest BCUT2D eigenvalue weighted by atomic mass is 35.5. The molecule has 0 aliphatic heterocycles. The van der Waals surface area contributed by atoms with Gasteiger partial charge in [-0.15, -0.1) is 10.2 Å². The second-order valence-electron chi connectivity index (χ2n) is 5.77. The van der Waals surface area contributed by atoms with Gasteiger partial charge in [0.1, 0.15) is 5.75 Å². The van der Waals surface area contributed by atoms with Crippen LogP contribution in [0.5, 0.6) is 5.75 Å². The van der Waals surface area contributed by atoms with Crippen LogP contribution in [0.1, 0.15) is 5.56 Å². The zero-order valence-corrected chi connectivity index (χ0v) is 16.5. The molecule has 7 nitrogen and oxygen atoms in total. The highest BCUT2D eigenvalue weighted by Crippen LogP contribution is 2.24. The molecule has 0 saturated carbocycles. The SMILES string of the molecule is Nn1c(SCC(=O)NCc2ccc(Cl)cc2)nnc1-c1ccc(OC(F)F)cc1. The van der Waals surface area contributed by atoms with Gasteiger partial charge in [0.2, 0.25) is 11.1 Å². The van der Waals surface area contributed by atoms with Crippen molar-refractivity contribution in [3.8, 4) is 17.1 Å². The molecule has 11 heteroatoms. The minimum atomic E-state index is -2.90. The van der Waals surface area contributed by atoms with Crippen LogP contribution in [0.3, 0.4) is 0 Å². The Balaban J connectivity index is 1.55. The van der Waals surface area contributed by atoms with E-state index in [1.165, 1.54) is 16.8 Å². The Morgan fingerprint density at radius 2 is 1.86 bits per heavy atom. The topological polar surface area (TPSA) is 95.1 Å². The molecule has 0 aliphatic rings. The van der Waals surface area contributed by atoms with Gasteiger partial charge in [0, 0.05) is 17.1 Å². The van der Waals surface area contributed by atoms with Crippen molar-refractivity contribution in [3.63, 3.8) is 0 Å². The van der Waals surface area contributed by atoms with Crippen molar-refractivity contribution in [2.45, 2.75) is 18.3 Å². The molecule has 29 heavy (non-hydrogen) atoms. The summed E-state index contributed by atoms with van der Waals surface area (Å²) in [6.07, 6.45) is 0. The van der Waals surface area contributed by atoms with Gasteiger partial charge in [-0.1, -0.05) is 35.5 Å². The summed E-state index contributed by atoms with van der Waals surface area (Å²) in [6, 6.07) is 13.0.